The highest BCUT2D eigenvalue weighted by Gasteiger charge is 2.25. The second-order valence-electron chi connectivity index (χ2n) is 5.55. The van der Waals surface area contributed by atoms with E-state index in [1.165, 1.54) is 0 Å². The fourth-order valence-corrected chi connectivity index (χ4v) is 2.77. The predicted octanol–water partition coefficient (Wildman–Crippen LogP) is 2.77. The number of methoxy groups -OCH3 is 1. The van der Waals surface area contributed by atoms with E-state index in [9.17, 15) is 4.79 Å². The Hall–Kier alpha value is -2.56. The van der Waals surface area contributed by atoms with Gasteiger partial charge in [0.05, 0.1) is 13.7 Å². The van der Waals surface area contributed by atoms with Crippen molar-refractivity contribution < 1.29 is 14.3 Å². The summed E-state index contributed by atoms with van der Waals surface area (Å²) < 4.78 is 11.1. The first-order valence-electron chi connectivity index (χ1n) is 7.76. The van der Waals surface area contributed by atoms with Gasteiger partial charge in [-0.15, -0.1) is 0 Å². The van der Waals surface area contributed by atoms with Gasteiger partial charge in [0.25, 0.3) is 5.91 Å². The zero-order valence-electron chi connectivity index (χ0n) is 13.1. The van der Waals surface area contributed by atoms with Crippen LogP contribution in [-0.4, -0.2) is 42.1 Å². The van der Waals surface area contributed by atoms with E-state index in [2.05, 4.69) is 4.98 Å². The van der Waals surface area contributed by atoms with E-state index in [1.54, 1.807) is 25.6 Å². The van der Waals surface area contributed by atoms with Gasteiger partial charge in [0.15, 0.2) is 0 Å². The van der Waals surface area contributed by atoms with Crippen molar-refractivity contribution in [1.82, 2.24) is 9.88 Å². The Morgan fingerprint density at radius 2 is 2.04 bits per heavy atom. The summed E-state index contributed by atoms with van der Waals surface area (Å²) in [6.45, 7) is 1.35. The molecule has 0 saturated carbocycles. The largest absolute Gasteiger partial charge is 0.497 e. The number of pyridine rings is 1. The summed E-state index contributed by atoms with van der Waals surface area (Å²) in [4.78, 5) is 18.5. The van der Waals surface area contributed by atoms with Crippen molar-refractivity contribution in [3.05, 3.63) is 54.4 Å². The van der Waals surface area contributed by atoms with Gasteiger partial charge < -0.3 is 14.4 Å². The van der Waals surface area contributed by atoms with Crippen molar-refractivity contribution in [2.24, 2.45) is 0 Å². The predicted molar refractivity (Wildman–Crippen MR) is 86.8 cm³/mol. The fraction of sp³-hybridized carbons (Fsp3) is 0.333. The molecule has 1 amide bonds. The van der Waals surface area contributed by atoms with Crippen molar-refractivity contribution in [2.45, 2.75) is 18.9 Å². The van der Waals surface area contributed by atoms with Crippen LogP contribution in [0.25, 0.3) is 0 Å². The Morgan fingerprint density at radius 1 is 1.22 bits per heavy atom. The average molecular weight is 312 g/mol. The van der Waals surface area contributed by atoms with E-state index in [4.69, 9.17) is 9.47 Å². The lowest BCUT2D eigenvalue weighted by molar-refractivity contribution is 0.0537. The number of piperidine rings is 1. The second-order valence-corrected chi connectivity index (χ2v) is 5.55. The lowest BCUT2D eigenvalue weighted by Crippen LogP contribution is -2.44. The van der Waals surface area contributed by atoms with Gasteiger partial charge in [0.2, 0.25) is 0 Å². The van der Waals surface area contributed by atoms with Crippen LogP contribution in [-0.2, 0) is 0 Å². The summed E-state index contributed by atoms with van der Waals surface area (Å²) in [6, 6.07) is 10.9. The smallest absolute Gasteiger partial charge is 0.254 e. The number of nitrogens with zero attached hydrogens (tertiary/aromatic N) is 2. The van der Waals surface area contributed by atoms with Crippen LogP contribution < -0.4 is 9.47 Å². The molecular formula is C18H20N2O3. The zero-order valence-corrected chi connectivity index (χ0v) is 13.1. The first kappa shape index (κ1) is 15.3. The topological polar surface area (TPSA) is 51.7 Å². The number of benzene rings is 1. The summed E-state index contributed by atoms with van der Waals surface area (Å²) in [5.74, 6) is 1.50. The van der Waals surface area contributed by atoms with Gasteiger partial charge >= 0.3 is 0 Å². The molecule has 0 bridgehead atoms. The molecule has 0 N–H and O–H groups in total. The van der Waals surface area contributed by atoms with Gasteiger partial charge in [-0.2, -0.15) is 0 Å². The molecule has 1 aliphatic heterocycles. The Morgan fingerprint density at radius 3 is 2.83 bits per heavy atom. The van der Waals surface area contributed by atoms with Crippen LogP contribution >= 0.6 is 0 Å². The first-order valence-corrected chi connectivity index (χ1v) is 7.76. The van der Waals surface area contributed by atoms with E-state index < -0.39 is 0 Å². The Labute approximate surface area is 135 Å². The Balaban J connectivity index is 1.66. The summed E-state index contributed by atoms with van der Waals surface area (Å²) in [7, 11) is 1.60. The van der Waals surface area contributed by atoms with Crippen LogP contribution in [0.1, 0.15) is 23.2 Å². The molecule has 1 unspecified atom stereocenters. The number of rotatable bonds is 4. The lowest BCUT2D eigenvalue weighted by atomic mass is 10.1. The van der Waals surface area contributed by atoms with Gasteiger partial charge in [-0.3, -0.25) is 9.78 Å². The third-order valence-electron chi connectivity index (χ3n) is 3.93. The molecular weight excluding hydrogens is 292 g/mol. The number of ether oxygens (including phenoxy) is 2. The Bertz CT molecular complexity index is 660. The summed E-state index contributed by atoms with van der Waals surface area (Å²) in [6.07, 6.45) is 5.31. The SMILES string of the molecule is COc1cccc(C(=O)N2CCCC(Oc3ccncc3)C2)c1. The normalized spacial score (nSPS) is 17.6. The molecule has 0 aliphatic carbocycles. The van der Waals surface area contributed by atoms with Crippen LogP contribution in [0.3, 0.4) is 0 Å². The number of aromatic nitrogens is 1. The molecule has 1 saturated heterocycles. The van der Waals surface area contributed by atoms with Gasteiger partial charge in [-0.1, -0.05) is 6.07 Å². The first-order chi connectivity index (χ1) is 11.3. The van der Waals surface area contributed by atoms with Crippen molar-refractivity contribution in [1.29, 1.82) is 0 Å². The molecule has 5 heteroatoms. The van der Waals surface area contributed by atoms with Crippen LogP contribution in [0.2, 0.25) is 0 Å². The zero-order chi connectivity index (χ0) is 16.1. The molecule has 1 atom stereocenters. The summed E-state index contributed by atoms with van der Waals surface area (Å²) in [5, 5.41) is 0. The van der Waals surface area contributed by atoms with E-state index in [0.29, 0.717) is 17.9 Å². The molecule has 2 aromatic rings. The van der Waals surface area contributed by atoms with Crippen LogP contribution in [0.5, 0.6) is 11.5 Å². The van der Waals surface area contributed by atoms with E-state index >= 15 is 0 Å². The van der Waals surface area contributed by atoms with Crippen LogP contribution in [0.15, 0.2) is 48.8 Å². The standard InChI is InChI=1S/C18H20N2O3/c1-22-16-5-2-4-14(12-16)18(21)20-11-3-6-17(13-20)23-15-7-9-19-10-8-15/h2,4-5,7-10,12,17H,3,6,11,13H2,1H3. The minimum atomic E-state index is 0.0145. The Kier molecular flexibility index (Phi) is 4.76. The fourth-order valence-electron chi connectivity index (χ4n) is 2.77. The molecule has 3 rings (SSSR count). The highest BCUT2D eigenvalue weighted by Crippen LogP contribution is 2.20. The maximum atomic E-state index is 12.7. The van der Waals surface area contributed by atoms with Gasteiger partial charge in [0.1, 0.15) is 17.6 Å². The maximum absolute atomic E-state index is 12.7. The number of carbonyl (C=O) groups is 1. The van der Waals surface area contributed by atoms with E-state index in [-0.39, 0.29) is 12.0 Å². The lowest BCUT2D eigenvalue weighted by Gasteiger charge is -2.33. The van der Waals surface area contributed by atoms with Gasteiger partial charge in [-0.05, 0) is 43.2 Å². The van der Waals surface area contributed by atoms with Crippen molar-refractivity contribution in [3.8, 4) is 11.5 Å². The van der Waals surface area contributed by atoms with Crippen molar-refractivity contribution in [3.63, 3.8) is 0 Å². The van der Waals surface area contributed by atoms with E-state index in [0.717, 1.165) is 25.1 Å². The summed E-state index contributed by atoms with van der Waals surface area (Å²) in [5.41, 5.74) is 0.647. The molecule has 0 radical (unpaired) electrons. The minimum absolute atomic E-state index is 0.0145. The van der Waals surface area contributed by atoms with Gasteiger partial charge in [-0.25, -0.2) is 0 Å². The third kappa shape index (κ3) is 3.80. The number of carbonyl (C=O) groups excluding carboxylic acids is 1. The van der Waals surface area contributed by atoms with E-state index in [1.807, 2.05) is 35.2 Å². The van der Waals surface area contributed by atoms with Crippen molar-refractivity contribution in [2.75, 3.05) is 20.2 Å². The number of likely N-dealkylation sites (tertiary alicyclic amines) is 1. The van der Waals surface area contributed by atoms with Crippen LogP contribution in [0.4, 0.5) is 0 Å². The summed E-state index contributed by atoms with van der Waals surface area (Å²) >= 11 is 0. The van der Waals surface area contributed by atoms with Crippen molar-refractivity contribution >= 4 is 5.91 Å². The molecule has 1 aliphatic rings. The molecule has 1 fully saturated rings. The maximum Gasteiger partial charge on any atom is 0.254 e. The highest BCUT2D eigenvalue weighted by atomic mass is 16.5. The molecule has 23 heavy (non-hydrogen) atoms. The molecule has 1 aromatic heterocycles. The third-order valence-corrected chi connectivity index (χ3v) is 3.93. The monoisotopic (exact) mass is 312 g/mol. The number of amides is 1. The average Bonchev–Trinajstić information content (AvgIpc) is 2.62. The second kappa shape index (κ2) is 7.13. The molecule has 1 aromatic carbocycles. The van der Waals surface area contributed by atoms with Gasteiger partial charge in [0, 0.05) is 24.5 Å². The van der Waals surface area contributed by atoms with Crippen LogP contribution in [0, 0.1) is 0 Å². The highest BCUT2D eigenvalue weighted by molar-refractivity contribution is 5.94. The number of hydrogen-bond acceptors (Lipinski definition) is 4. The molecule has 0 spiro atoms. The quantitative estimate of drug-likeness (QED) is 0.871. The molecule has 5 nitrogen and oxygen atoms in total. The minimum Gasteiger partial charge on any atom is -0.497 e. The molecule has 2 heterocycles. The number of hydrogen-bond donors (Lipinski definition) is 0. The molecule has 120 valence electrons.